The first-order chi connectivity index (χ1) is 29.4. The van der Waals surface area contributed by atoms with Gasteiger partial charge in [-0.05, 0) is 79.2 Å². The average Bonchev–Trinajstić information content (AvgIpc) is 3.92. The van der Waals surface area contributed by atoms with Crippen LogP contribution in [0.2, 0.25) is 0 Å². The zero-order chi connectivity index (χ0) is 40.7. The fourth-order valence-electron chi connectivity index (χ4n) is 8.48. The van der Waals surface area contributed by atoms with E-state index in [4.69, 9.17) is 13.8 Å². The molecule has 0 fully saturated rings. The molecule has 5 heteroatoms. The van der Waals surface area contributed by atoms with Gasteiger partial charge in [0.05, 0.1) is 11.1 Å². The summed E-state index contributed by atoms with van der Waals surface area (Å²) in [7, 11) is 0. The molecule has 0 aliphatic carbocycles. The molecule has 0 unspecified atom stereocenters. The SMILES string of the molecule is CC(C)c1cc(-c2ccccc2)cc(C(C)C)c1-c1cccc2nc(-c3[c-]ccc4c3oc3c4ccc4c5ccccc5ccc43)oc12.[Ir].[c-]1ccccc1-c1ccccn1. The molecule has 61 heavy (non-hydrogen) atoms. The zero-order valence-corrected chi connectivity index (χ0v) is 36.8. The number of nitrogens with zero attached hydrogens (tertiary/aromatic N) is 2. The second kappa shape index (κ2) is 16.8. The summed E-state index contributed by atoms with van der Waals surface area (Å²) >= 11 is 0. The fraction of sp³-hybridized carbons (Fsp3) is 0.107. The molecule has 0 saturated carbocycles. The normalized spacial score (nSPS) is 11.4. The number of benzene rings is 8. The predicted octanol–water partition coefficient (Wildman–Crippen LogP) is 15.6. The third kappa shape index (κ3) is 7.35. The van der Waals surface area contributed by atoms with Crippen LogP contribution in [0.1, 0.15) is 50.7 Å². The van der Waals surface area contributed by atoms with Crippen molar-refractivity contribution in [2.45, 2.75) is 39.5 Å². The molecule has 11 rings (SSSR count). The minimum atomic E-state index is 0. The number of oxazole rings is 1. The van der Waals surface area contributed by atoms with Gasteiger partial charge in [0, 0.05) is 42.6 Å². The molecule has 0 saturated heterocycles. The van der Waals surface area contributed by atoms with E-state index in [1.807, 2.05) is 54.6 Å². The number of para-hydroxylation sites is 1. The van der Waals surface area contributed by atoms with Gasteiger partial charge in [-0.3, -0.25) is 4.98 Å². The fourth-order valence-corrected chi connectivity index (χ4v) is 8.48. The van der Waals surface area contributed by atoms with Gasteiger partial charge < -0.3 is 13.8 Å². The van der Waals surface area contributed by atoms with Crippen molar-refractivity contribution in [3.63, 3.8) is 0 Å². The Bertz CT molecular complexity index is 3250. The number of pyridine rings is 1. The van der Waals surface area contributed by atoms with Crippen LogP contribution in [0.25, 0.3) is 99.5 Å². The first-order valence-corrected chi connectivity index (χ1v) is 20.6. The van der Waals surface area contributed by atoms with Crippen molar-refractivity contribution in [3.8, 4) is 45.0 Å². The molecule has 0 atom stereocenters. The largest absolute Gasteiger partial charge is 0.500 e. The maximum atomic E-state index is 6.77. The van der Waals surface area contributed by atoms with Crippen molar-refractivity contribution in [1.82, 2.24) is 9.97 Å². The van der Waals surface area contributed by atoms with Gasteiger partial charge in [-0.15, -0.1) is 54.1 Å². The van der Waals surface area contributed by atoms with E-state index in [9.17, 15) is 0 Å². The summed E-state index contributed by atoms with van der Waals surface area (Å²) in [6, 6.07) is 63.1. The van der Waals surface area contributed by atoms with Gasteiger partial charge in [-0.2, -0.15) is 0 Å². The Hall–Kier alpha value is -6.65. The van der Waals surface area contributed by atoms with Crippen LogP contribution in [0.3, 0.4) is 0 Å². The van der Waals surface area contributed by atoms with Gasteiger partial charge >= 0.3 is 0 Å². The first kappa shape index (κ1) is 39.8. The Morgan fingerprint density at radius 2 is 1.21 bits per heavy atom. The van der Waals surface area contributed by atoms with Gasteiger partial charge in [0.25, 0.3) is 0 Å². The molecule has 11 aromatic rings. The number of hydrogen-bond acceptors (Lipinski definition) is 4. The van der Waals surface area contributed by atoms with E-state index < -0.39 is 0 Å². The molecule has 3 heterocycles. The predicted molar refractivity (Wildman–Crippen MR) is 248 cm³/mol. The Kier molecular flexibility index (Phi) is 10.9. The van der Waals surface area contributed by atoms with Crippen LogP contribution < -0.4 is 0 Å². The Labute approximate surface area is 369 Å². The molecule has 1 radical (unpaired) electrons. The van der Waals surface area contributed by atoms with Crippen LogP contribution in [-0.2, 0) is 20.1 Å². The Balaban J connectivity index is 0.000000316. The van der Waals surface area contributed by atoms with Crippen molar-refractivity contribution in [3.05, 3.63) is 193 Å². The van der Waals surface area contributed by atoms with Crippen molar-refractivity contribution in [2.24, 2.45) is 0 Å². The van der Waals surface area contributed by atoms with Crippen LogP contribution >= 0.6 is 0 Å². The van der Waals surface area contributed by atoms with Crippen LogP contribution in [0, 0.1) is 12.1 Å². The summed E-state index contributed by atoms with van der Waals surface area (Å²) in [6.45, 7) is 9.08. The van der Waals surface area contributed by atoms with E-state index in [0.29, 0.717) is 17.7 Å². The second-order valence-electron chi connectivity index (χ2n) is 15.9. The molecular formula is C56H42IrN2O2-2. The molecule has 0 bridgehead atoms. The number of rotatable bonds is 6. The first-order valence-electron chi connectivity index (χ1n) is 20.6. The number of hydrogen-bond donors (Lipinski definition) is 0. The van der Waals surface area contributed by atoms with Crippen LogP contribution in [0.5, 0.6) is 0 Å². The standard InChI is InChI=1S/C45H34NO2.C11H8N.Ir/c1-26(2)38-24-30(28-12-6-5-7-13-28)25-39(27(3)4)41(38)36-17-11-19-40-44(36)48-45(46-40)37-18-10-16-33-35-23-22-32-31-15-9-8-14-29(31)20-21-34(32)42(35)47-43(33)37;1-2-6-10(7-3-1)11-8-4-5-9-12-11;/h5-17,19-27H,1-4H3;1-6,8-9H;/q2*-1;. The van der Waals surface area contributed by atoms with Gasteiger partial charge in [-0.1, -0.05) is 148 Å². The van der Waals surface area contributed by atoms with Gasteiger partial charge in [0.1, 0.15) is 17.1 Å². The smallest absolute Gasteiger partial charge is 0.149 e. The summed E-state index contributed by atoms with van der Waals surface area (Å²) in [5, 5.41) is 6.80. The summed E-state index contributed by atoms with van der Waals surface area (Å²) in [6.07, 6.45) is 1.79. The van der Waals surface area contributed by atoms with Crippen LogP contribution in [0.15, 0.2) is 179 Å². The minimum Gasteiger partial charge on any atom is -0.500 e. The number of furan rings is 1. The Morgan fingerprint density at radius 3 is 1.97 bits per heavy atom. The second-order valence-corrected chi connectivity index (χ2v) is 15.9. The molecule has 0 aliphatic rings. The molecule has 4 nitrogen and oxygen atoms in total. The molecule has 0 aliphatic heterocycles. The van der Waals surface area contributed by atoms with E-state index >= 15 is 0 Å². The monoisotopic (exact) mass is 967 g/mol. The van der Waals surface area contributed by atoms with Gasteiger partial charge in [-0.25, -0.2) is 0 Å². The molecule has 0 N–H and O–H groups in total. The van der Waals surface area contributed by atoms with Crippen molar-refractivity contribution in [1.29, 1.82) is 0 Å². The molecule has 0 spiro atoms. The van der Waals surface area contributed by atoms with E-state index in [1.165, 1.54) is 44.0 Å². The van der Waals surface area contributed by atoms with E-state index in [1.54, 1.807) is 6.20 Å². The number of aromatic nitrogens is 2. The molecular weight excluding hydrogens is 925 g/mol. The van der Waals surface area contributed by atoms with E-state index in [2.05, 4.69) is 154 Å². The minimum absolute atomic E-state index is 0. The molecule has 299 valence electrons. The number of fused-ring (bicyclic) bond motifs is 8. The van der Waals surface area contributed by atoms with Gasteiger partial charge in [0.15, 0.2) is 0 Å². The topological polar surface area (TPSA) is 52.1 Å². The maximum Gasteiger partial charge on any atom is 0.149 e. The van der Waals surface area contributed by atoms with Crippen molar-refractivity contribution in [2.75, 3.05) is 0 Å². The van der Waals surface area contributed by atoms with Crippen LogP contribution in [0.4, 0.5) is 0 Å². The van der Waals surface area contributed by atoms with E-state index in [0.717, 1.165) is 60.8 Å². The third-order valence-corrected chi connectivity index (χ3v) is 11.4. The molecule has 8 aromatic carbocycles. The maximum absolute atomic E-state index is 6.77. The van der Waals surface area contributed by atoms with Gasteiger partial charge in [0.2, 0.25) is 0 Å². The molecule has 0 amide bonds. The third-order valence-electron chi connectivity index (χ3n) is 11.4. The quantitative estimate of drug-likeness (QED) is 0.123. The summed E-state index contributed by atoms with van der Waals surface area (Å²) in [5.41, 5.74) is 13.3. The van der Waals surface area contributed by atoms with Crippen molar-refractivity contribution >= 4 is 54.6 Å². The summed E-state index contributed by atoms with van der Waals surface area (Å²) in [4.78, 5) is 9.27. The van der Waals surface area contributed by atoms with Crippen LogP contribution in [-0.4, -0.2) is 9.97 Å². The summed E-state index contributed by atoms with van der Waals surface area (Å²) in [5.74, 6) is 1.13. The zero-order valence-electron chi connectivity index (χ0n) is 34.4. The van der Waals surface area contributed by atoms with E-state index in [-0.39, 0.29) is 20.1 Å². The Morgan fingerprint density at radius 1 is 0.508 bits per heavy atom. The average molecular weight is 967 g/mol. The molecule has 3 aromatic heterocycles. The summed E-state index contributed by atoms with van der Waals surface area (Å²) < 4.78 is 13.5. The van der Waals surface area contributed by atoms with Crippen molar-refractivity contribution < 1.29 is 28.9 Å².